The quantitative estimate of drug-likeness (QED) is 0.533. The molecule has 0 radical (unpaired) electrons. The molecule has 0 unspecified atom stereocenters. The fourth-order valence-electron chi connectivity index (χ4n) is 3.21. The summed E-state index contributed by atoms with van der Waals surface area (Å²) in [5.74, 6) is 0.953. The number of methoxy groups -OCH3 is 1. The second kappa shape index (κ2) is 7.92. The zero-order valence-electron chi connectivity index (χ0n) is 12.9. The van der Waals surface area contributed by atoms with Gasteiger partial charge in [0.15, 0.2) is 0 Å². The fourth-order valence-corrected chi connectivity index (χ4v) is 4.75. The number of carbonyl (C=O) groups excluding carboxylic acids is 2. The molecule has 5 nitrogen and oxygen atoms in total. The second-order valence-corrected chi connectivity index (χ2v) is 7.19. The normalized spacial score (nSPS) is 28.7. The summed E-state index contributed by atoms with van der Waals surface area (Å²) in [6.07, 6.45) is 6.05. The third-order valence-corrected chi connectivity index (χ3v) is 5.93. The molecule has 0 bridgehead atoms. The summed E-state index contributed by atoms with van der Waals surface area (Å²) in [6, 6.07) is 0.504. The minimum Gasteiger partial charge on any atom is -0.469 e. The van der Waals surface area contributed by atoms with Gasteiger partial charge in [0, 0.05) is 11.0 Å². The third-order valence-electron chi connectivity index (χ3n) is 4.42. The van der Waals surface area contributed by atoms with Crippen molar-refractivity contribution in [2.75, 3.05) is 12.9 Å². The van der Waals surface area contributed by atoms with Crippen LogP contribution in [-0.4, -0.2) is 42.2 Å². The van der Waals surface area contributed by atoms with E-state index in [1.807, 2.05) is 11.8 Å². The van der Waals surface area contributed by atoms with E-state index in [1.165, 1.54) is 7.11 Å². The summed E-state index contributed by atoms with van der Waals surface area (Å²) in [5.41, 5.74) is 0. The predicted molar refractivity (Wildman–Crippen MR) is 84.4 cm³/mol. The van der Waals surface area contributed by atoms with Crippen molar-refractivity contribution in [2.45, 2.75) is 62.8 Å². The molecule has 0 aliphatic carbocycles. The molecule has 2 aliphatic rings. The number of rotatable bonds is 8. The Bertz CT molecular complexity index is 378. The summed E-state index contributed by atoms with van der Waals surface area (Å²) in [6.45, 7) is 2.14. The maximum Gasteiger partial charge on any atom is 0.315 e. The number of esters is 1. The molecule has 2 aliphatic heterocycles. The van der Waals surface area contributed by atoms with Crippen molar-refractivity contribution in [3.05, 3.63) is 0 Å². The van der Waals surface area contributed by atoms with Gasteiger partial charge in [0.1, 0.15) is 0 Å². The van der Waals surface area contributed by atoms with Crippen LogP contribution >= 0.6 is 11.8 Å². The lowest BCUT2D eigenvalue weighted by Gasteiger charge is -2.18. The molecule has 0 saturated carbocycles. The average Bonchev–Trinajstić information content (AvgIpc) is 3.01. The van der Waals surface area contributed by atoms with Crippen LogP contribution in [0.3, 0.4) is 0 Å². The Morgan fingerprint density at radius 1 is 1.38 bits per heavy atom. The van der Waals surface area contributed by atoms with Gasteiger partial charge in [-0.2, -0.15) is 11.8 Å². The average molecular weight is 314 g/mol. The van der Waals surface area contributed by atoms with E-state index in [2.05, 4.69) is 17.6 Å². The van der Waals surface area contributed by atoms with Gasteiger partial charge < -0.3 is 15.4 Å². The number of nitrogens with one attached hydrogen (secondary N) is 2. The van der Waals surface area contributed by atoms with Crippen LogP contribution < -0.4 is 10.6 Å². The highest BCUT2D eigenvalue weighted by Crippen LogP contribution is 2.33. The number of carbonyl (C=O) groups is 2. The van der Waals surface area contributed by atoms with Gasteiger partial charge in [-0.25, -0.2) is 4.79 Å². The minimum atomic E-state index is -0.0729. The standard InChI is InChI=1S/C15H26N2O3S/c1-3-4-6-10(14(18)20-2)7-5-8-12-13-11(9-21-12)16-15(19)17-13/h10-13H,3-9H2,1-2H3,(H2,16,17,19)/t10-,11+,12+,13+/m1/s1. The fraction of sp³-hybridized carbons (Fsp3) is 0.867. The van der Waals surface area contributed by atoms with Gasteiger partial charge in [0.25, 0.3) is 0 Å². The molecule has 4 atom stereocenters. The van der Waals surface area contributed by atoms with E-state index in [0.717, 1.165) is 44.3 Å². The molecule has 0 spiro atoms. The molecule has 2 amide bonds. The monoisotopic (exact) mass is 314 g/mol. The Morgan fingerprint density at radius 2 is 2.14 bits per heavy atom. The molecule has 2 fully saturated rings. The SMILES string of the molecule is CCCC[C@H](CCC[C@@H]1SC[C@@H]2NC(=O)N[C@@H]21)C(=O)OC. The van der Waals surface area contributed by atoms with Gasteiger partial charge in [0.05, 0.1) is 25.1 Å². The first-order valence-electron chi connectivity index (χ1n) is 7.92. The zero-order valence-corrected chi connectivity index (χ0v) is 13.7. The maximum absolute atomic E-state index is 11.8. The summed E-state index contributed by atoms with van der Waals surface area (Å²) < 4.78 is 4.90. The molecule has 21 heavy (non-hydrogen) atoms. The van der Waals surface area contributed by atoms with Gasteiger partial charge in [-0.15, -0.1) is 0 Å². The summed E-state index contributed by atoms with van der Waals surface area (Å²) in [4.78, 5) is 23.1. The summed E-state index contributed by atoms with van der Waals surface area (Å²) in [7, 11) is 1.47. The van der Waals surface area contributed by atoms with Crippen LogP contribution in [-0.2, 0) is 9.53 Å². The molecule has 2 heterocycles. The van der Waals surface area contributed by atoms with Crippen LogP contribution in [0.4, 0.5) is 4.79 Å². The molecule has 0 aromatic rings. The Morgan fingerprint density at radius 3 is 2.86 bits per heavy atom. The smallest absolute Gasteiger partial charge is 0.315 e. The number of ether oxygens (including phenoxy) is 1. The van der Waals surface area contributed by atoms with Crippen LogP contribution in [0.5, 0.6) is 0 Å². The van der Waals surface area contributed by atoms with E-state index in [1.54, 1.807) is 0 Å². The van der Waals surface area contributed by atoms with Gasteiger partial charge >= 0.3 is 12.0 Å². The first-order chi connectivity index (χ1) is 10.2. The highest BCUT2D eigenvalue weighted by Gasteiger charge is 2.42. The largest absolute Gasteiger partial charge is 0.469 e. The van der Waals surface area contributed by atoms with E-state index >= 15 is 0 Å². The number of thioether (sulfide) groups is 1. The second-order valence-electron chi connectivity index (χ2n) is 5.92. The molecule has 2 saturated heterocycles. The molecule has 2 rings (SSSR count). The van der Waals surface area contributed by atoms with E-state index in [0.29, 0.717) is 5.25 Å². The van der Waals surface area contributed by atoms with Gasteiger partial charge in [-0.3, -0.25) is 4.79 Å². The Kier molecular flexibility index (Phi) is 6.21. The molecule has 2 N–H and O–H groups in total. The first-order valence-corrected chi connectivity index (χ1v) is 8.97. The molecular formula is C15H26N2O3S. The van der Waals surface area contributed by atoms with E-state index in [-0.39, 0.29) is 30.0 Å². The van der Waals surface area contributed by atoms with Crippen LogP contribution in [0.15, 0.2) is 0 Å². The molecule has 120 valence electrons. The Labute approximate surface area is 130 Å². The van der Waals surface area contributed by atoms with Crippen molar-refractivity contribution in [2.24, 2.45) is 5.92 Å². The van der Waals surface area contributed by atoms with Crippen LogP contribution in [0, 0.1) is 5.92 Å². The number of hydrogen-bond acceptors (Lipinski definition) is 4. The van der Waals surface area contributed by atoms with Crippen molar-refractivity contribution in [3.8, 4) is 0 Å². The zero-order chi connectivity index (χ0) is 15.2. The lowest BCUT2D eigenvalue weighted by atomic mass is 9.94. The van der Waals surface area contributed by atoms with Crippen molar-refractivity contribution < 1.29 is 14.3 Å². The van der Waals surface area contributed by atoms with Gasteiger partial charge in [-0.1, -0.05) is 26.2 Å². The lowest BCUT2D eigenvalue weighted by molar-refractivity contribution is -0.146. The van der Waals surface area contributed by atoms with Crippen molar-refractivity contribution in [1.29, 1.82) is 0 Å². The Balaban J connectivity index is 1.74. The minimum absolute atomic E-state index is 0.0356. The van der Waals surface area contributed by atoms with E-state index < -0.39 is 0 Å². The van der Waals surface area contributed by atoms with Crippen molar-refractivity contribution >= 4 is 23.8 Å². The van der Waals surface area contributed by atoms with Crippen molar-refractivity contribution in [3.63, 3.8) is 0 Å². The van der Waals surface area contributed by atoms with Gasteiger partial charge in [-0.05, 0) is 19.3 Å². The highest BCUT2D eigenvalue weighted by atomic mass is 32.2. The summed E-state index contributed by atoms with van der Waals surface area (Å²) in [5, 5.41) is 6.44. The lowest BCUT2D eigenvalue weighted by Crippen LogP contribution is -2.36. The third kappa shape index (κ3) is 4.28. The highest BCUT2D eigenvalue weighted by molar-refractivity contribution is 8.00. The number of fused-ring (bicyclic) bond motifs is 1. The van der Waals surface area contributed by atoms with Gasteiger partial charge in [0.2, 0.25) is 0 Å². The van der Waals surface area contributed by atoms with Crippen molar-refractivity contribution in [1.82, 2.24) is 10.6 Å². The van der Waals surface area contributed by atoms with Crippen LogP contribution in [0.25, 0.3) is 0 Å². The Hall–Kier alpha value is -0.910. The van der Waals surface area contributed by atoms with Crippen LogP contribution in [0.2, 0.25) is 0 Å². The molecule has 6 heteroatoms. The van der Waals surface area contributed by atoms with E-state index in [4.69, 9.17) is 4.74 Å². The number of unbranched alkanes of at least 4 members (excludes halogenated alkanes) is 1. The first kappa shape index (κ1) is 16.5. The number of urea groups is 1. The number of amides is 2. The number of hydrogen-bond donors (Lipinski definition) is 2. The topological polar surface area (TPSA) is 67.4 Å². The predicted octanol–water partition coefficient (Wildman–Crippen LogP) is 2.30. The summed E-state index contributed by atoms with van der Waals surface area (Å²) >= 11 is 1.93. The van der Waals surface area contributed by atoms with Crippen LogP contribution in [0.1, 0.15) is 45.4 Å². The maximum atomic E-state index is 11.8. The molecular weight excluding hydrogens is 288 g/mol. The molecule has 0 aromatic carbocycles. The van der Waals surface area contributed by atoms with E-state index in [9.17, 15) is 9.59 Å². The molecule has 0 aromatic heterocycles.